The van der Waals surface area contributed by atoms with Crippen molar-refractivity contribution in [2.45, 2.75) is 45.6 Å². The standard InChI is InChI=1S/C19H30N4O3/c1-13(2)9-15-10-16(21-20-15)19(25)23-7-4-5-14-11-22(8-6-17(14)23)18(24)12-26-3/h10,13-14,17H,4-9,11-12H2,1-3H3,(H,20,21)/t14-,17+/m1/s1. The first kappa shape index (κ1) is 18.9. The molecule has 2 saturated heterocycles. The van der Waals surface area contributed by atoms with E-state index in [1.807, 2.05) is 15.9 Å². The van der Waals surface area contributed by atoms with Crippen LogP contribution in [0.4, 0.5) is 0 Å². The summed E-state index contributed by atoms with van der Waals surface area (Å²) in [5.74, 6) is 0.922. The van der Waals surface area contributed by atoms with E-state index in [4.69, 9.17) is 4.74 Å². The minimum Gasteiger partial charge on any atom is -0.375 e. The summed E-state index contributed by atoms with van der Waals surface area (Å²) in [6.07, 6.45) is 3.75. The fraction of sp³-hybridized carbons (Fsp3) is 0.737. The van der Waals surface area contributed by atoms with Crippen LogP contribution >= 0.6 is 0 Å². The van der Waals surface area contributed by atoms with Gasteiger partial charge in [-0.3, -0.25) is 14.7 Å². The highest BCUT2D eigenvalue weighted by Crippen LogP contribution is 2.31. The third-order valence-corrected chi connectivity index (χ3v) is 5.43. The number of nitrogens with zero attached hydrogens (tertiary/aromatic N) is 3. The molecule has 0 unspecified atom stereocenters. The van der Waals surface area contributed by atoms with Crippen LogP contribution in [0.2, 0.25) is 0 Å². The molecule has 2 fully saturated rings. The van der Waals surface area contributed by atoms with Crippen molar-refractivity contribution >= 4 is 11.8 Å². The molecule has 0 radical (unpaired) electrons. The number of nitrogens with one attached hydrogen (secondary N) is 1. The van der Waals surface area contributed by atoms with Crippen molar-refractivity contribution < 1.29 is 14.3 Å². The third kappa shape index (κ3) is 4.09. The molecule has 0 spiro atoms. The number of carbonyl (C=O) groups excluding carboxylic acids is 2. The minimum atomic E-state index is 0.0163. The second-order valence-electron chi connectivity index (χ2n) is 7.91. The van der Waals surface area contributed by atoms with E-state index in [-0.39, 0.29) is 24.5 Å². The van der Waals surface area contributed by atoms with Gasteiger partial charge in [0.25, 0.3) is 5.91 Å². The summed E-state index contributed by atoms with van der Waals surface area (Å²) in [5.41, 5.74) is 1.52. The molecule has 0 bridgehead atoms. The number of fused-ring (bicyclic) bond motifs is 1. The van der Waals surface area contributed by atoms with E-state index in [9.17, 15) is 9.59 Å². The van der Waals surface area contributed by atoms with Crippen LogP contribution in [0.15, 0.2) is 6.07 Å². The van der Waals surface area contributed by atoms with Crippen molar-refractivity contribution in [1.29, 1.82) is 0 Å². The quantitative estimate of drug-likeness (QED) is 0.865. The van der Waals surface area contributed by atoms with Gasteiger partial charge in [0.05, 0.1) is 0 Å². The zero-order chi connectivity index (χ0) is 18.7. The Morgan fingerprint density at radius 1 is 1.35 bits per heavy atom. The van der Waals surface area contributed by atoms with E-state index in [0.717, 1.165) is 44.5 Å². The number of hydrogen-bond acceptors (Lipinski definition) is 4. The molecule has 0 aromatic carbocycles. The van der Waals surface area contributed by atoms with Crippen LogP contribution in [0.3, 0.4) is 0 Å². The lowest BCUT2D eigenvalue weighted by atomic mass is 9.83. The maximum Gasteiger partial charge on any atom is 0.274 e. The fourth-order valence-corrected chi connectivity index (χ4v) is 4.26. The first-order valence-electron chi connectivity index (χ1n) is 9.61. The molecule has 7 heteroatoms. The topological polar surface area (TPSA) is 78.5 Å². The molecular weight excluding hydrogens is 332 g/mol. The van der Waals surface area contributed by atoms with Gasteiger partial charge in [0.1, 0.15) is 12.3 Å². The molecule has 2 aliphatic heterocycles. The van der Waals surface area contributed by atoms with Crippen LogP contribution in [-0.2, 0) is 16.0 Å². The molecule has 3 rings (SSSR count). The number of amides is 2. The number of aromatic amines is 1. The molecule has 2 atom stereocenters. The maximum absolute atomic E-state index is 13.0. The van der Waals surface area contributed by atoms with Crippen LogP contribution in [0.1, 0.15) is 49.3 Å². The Morgan fingerprint density at radius 3 is 2.88 bits per heavy atom. The number of piperidine rings is 2. The first-order chi connectivity index (χ1) is 12.5. The molecule has 0 saturated carbocycles. The average Bonchev–Trinajstić information content (AvgIpc) is 3.08. The number of carbonyl (C=O) groups is 2. The van der Waals surface area contributed by atoms with Crippen LogP contribution in [0.25, 0.3) is 0 Å². The van der Waals surface area contributed by atoms with Crippen LogP contribution in [0.5, 0.6) is 0 Å². The summed E-state index contributed by atoms with van der Waals surface area (Å²) in [6, 6.07) is 2.09. The SMILES string of the molecule is COCC(=O)N1CC[C@H]2[C@H](CCCN2C(=O)c2cc(CC(C)C)[nH]n2)C1. The van der Waals surface area contributed by atoms with Crippen LogP contribution < -0.4 is 0 Å². The van der Waals surface area contributed by atoms with Crippen molar-refractivity contribution in [3.8, 4) is 0 Å². The molecule has 2 amide bonds. The van der Waals surface area contributed by atoms with Crippen molar-refractivity contribution in [1.82, 2.24) is 20.0 Å². The maximum atomic E-state index is 13.0. The summed E-state index contributed by atoms with van der Waals surface area (Å²) in [6.45, 7) is 6.61. The van der Waals surface area contributed by atoms with Crippen LogP contribution in [0, 0.1) is 11.8 Å². The molecule has 144 valence electrons. The second kappa shape index (κ2) is 8.20. The molecule has 1 aromatic heterocycles. The van der Waals surface area contributed by atoms with E-state index >= 15 is 0 Å². The number of ether oxygens (including phenoxy) is 1. The normalized spacial score (nSPS) is 23.2. The smallest absolute Gasteiger partial charge is 0.274 e. The van der Waals surface area contributed by atoms with E-state index in [1.165, 1.54) is 0 Å². The number of aromatic nitrogens is 2. The van der Waals surface area contributed by atoms with E-state index in [1.54, 1.807) is 7.11 Å². The zero-order valence-electron chi connectivity index (χ0n) is 16.0. The lowest BCUT2D eigenvalue weighted by molar-refractivity contribution is -0.138. The van der Waals surface area contributed by atoms with Gasteiger partial charge < -0.3 is 14.5 Å². The molecule has 2 aliphatic rings. The van der Waals surface area contributed by atoms with Gasteiger partial charge in [-0.05, 0) is 43.6 Å². The van der Waals surface area contributed by atoms with Crippen molar-refractivity contribution in [2.75, 3.05) is 33.4 Å². The number of H-pyrrole nitrogens is 1. The summed E-state index contributed by atoms with van der Waals surface area (Å²) in [7, 11) is 1.54. The predicted molar refractivity (Wildman–Crippen MR) is 97.8 cm³/mol. The molecule has 26 heavy (non-hydrogen) atoms. The Balaban J connectivity index is 1.66. The molecular formula is C19H30N4O3. The zero-order valence-corrected chi connectivity index (χ0v) is 16.0. The van der Waals surface area contributed by atoms with Gasteiger partial charge in [-0.1, -0.05) is 13.8 Å². The number of likely N-dealkylation sites (tertiary alicyclic amines) is 2. The Kier molecular flexibility index (Phi) is 5.96. The van der Waals surface area contributed by atoms with Crippen LogP contribution in [-0.4, -0.2) is 71.2 Å². The highest BCUT2D eigenvalue weighted by molar-refractivity contribution is 5.92. The lowest BCUT2D eigenvalue weighted by Crippen LogP contribution is -2.57. The van der Waals surface area contributed by atoms with Gasteiger partial charge >= 0.3 is 0 Å². The lowest BCUT2D eigenvalue weighted by Gasteiger charge is -2.47. The summed E-state index contributed by atoms with van der Waals surface area (Å²) in [4.78, 5) is 29.0. The number of rotatable bonds is 5. The van der Waals surface area contributed by atoms with E-state index in [2.05, 4.69) is 24.0 Å². The summed E-state index contributed by atoms with van der Waals surface area (Å²) in [5, 5.41) is 7.25. The Bertz CT molecular complexity index is 642. The number of methoxy groups -OCH3 is 1. The largest absolute Gasteiger partial charge is 0.375 e. The molecule has 3 heterocycles. The molecule has 1 N–H and O–H groups in total. The average molecular weight is 362 g/mol. The first-order valence-corrected chi connectivity index (χ1v) is 9.61. The molecule has 1 aromatic rings. The minimum absolute atomic E-state index is 0.0163. The Labute approximate surface area is 155 Å². The van der Waals surface area contributed by atoms with E-state index in [0.29, 0.717) is 24.1 Å². The second-order valence-corrected chi connectivity index (χ2v) is 7.91. The molecule has 0 aliphatic carbocycles. The van der Waals surface area contributed by atoms with Gasteiger partial charge in [0, 0.05) is 38.5 Å². The summed E-state index contributed by atoms with van der Waals surface area (Å²) < 4.78 is 4.97. The van der Waals surface area contributed by atoms with Crippen molar-refractivity contribution in [2.24, 2.45) is 11.8 Å². The molecule has 7 nitrogen and oxygen atoms in total. The van der Waals surface area contributed by atoms with Gasteiger partial charge in [-0.15, -0.1) is 0 Å². The highest BCUT2D eigenvalue weighted by atomic mass is 16.5. The van der Waals surface area contributed by atoms with Crippen molar-refractivity contribution in [3.05, 3.63) is 17.5 Å². The highest BCUT2D eigenvalue weighted by Gasteiger charge is 2.39. The predicted octanol–water partition coefficient (Wildman–Crippen LogP) is 1.71. The van der Waals surface area contributed by atoms with Crippen molar-refractivity contribution in [3.63, 3.8) is 0 Å². The van der Waals surface area contributed by atoms with Gasteiger partial charge in [0.2, 0.25) is 5.91 Å². The number of hydrogen-bond donors (Lipinski definition) is 1. The van der Waals surface area contributed by atoms with Gasteiger partial charge in [0.15, 0.2) is 0 Å². The van der Waals surface area contributed by atoms with Gasteiger partial charge in [-0.25, -0.2) is 0 Å². The van der Waals surface area contributed by atoms with E-state index < -0.39 is 0 Å². The van der Waals surface area contributed by atoms with Gasteiger partial charge in [-0.2, -0.15) is 5.10 Å². The Morgan fingerprint density at radius 2 is 2.15 bits per heavy atom. The Hall–Kier alpha value is -1.89. The fourth-order valence-electron chi connectivity index (χ4n) is 4.26. The summed E-state index contributed by atoms with van der Waals surface area (Å²) >= 11 is 0. The monoisotopic (exact) mass is 362 g/mol. The third-order valence-electron chi connectivity index (χ3n) is 5.43.